The van der Waals surface area contributed by atoms with Crippen molar-refractivity contribution in [2.75, 3.05) is 5.32 Å². The summed E-state index contributed by atoms with van der Waals surface area (Å²) in [6.07, 6.45) is 1.68. The molecule has 7 heteroatoms. The van der Waals surface area contributed by atoms with Crippen LogP contribution in [-0.4, -0.2) is 15.0 Å². The zero-order valence-corrected chi connectivity index (χ0v) is 14.2. The number of halogens is 3. The minimum absolute atomic E-state index is 0.336. The fourth-order valence-electron chi connectivity index (χ4n) is 1.82. The van der Waals surface area contributed by atoms with Crippen LogP contribution in [0.3, 0.4) is 0 Å². The molecule has 0 unspecified atom stereocenters. The first-order valence-electron chi connectivity index (χ1n) is 6.30. The Hall–Kier alpha value is -1.69. The number of aromatic nitrogens is 3. The average molecular weight is 396 g/mol. The van der Waals surface area contributed by atoms with Crippen LogP contribution in [0.25, 0.3) is 11.5 Å². The summed E-state index contributed by atoms with van der Waals surface area (Å²) in [5.74, 6) is 1.03. The highest BCUT2D eigenvalue weighted by molar-refractivity contribution is 9.10. The fraction of sp³-hybridized carbons (Fsp3) is 0. The quantitative estimate of drug-likeness (QED) is 0.607. The molecule has 2 aromatic heterocycles. The van der Waals surface area contributed by atoms with Crippen molar-refractivity contribution in [1.29, 1.82) is 0 Å². The maximum atomic E-state index is 6.08. The van der Waals surface area contributed by atoms with E-state index in [2.05, 4.69) is 36.2 Å². The first kappa shape index (κ1) is 15.2. The van der Waals surface area contributed by atoms with E-state index in [1.807, 2.05) is 24.3 Å². The van der Waals surface area contributed by atoms with Gasteiger partial charge in [-0.3, -0.25) is 4.98 Å². The molecular weight excluding hydrogens is 387 g/mol. The van der Waals surface area contributed by atoms with Gasteiger partial charge in [0.2, 0.25) is 0 Å². The van der Waals surface area contributed by atoms with Gasteiger partial charge in [-0.15, -0.1) is 0 Å². The summed E-state index contributed by atoms with van der Waals surface area (Å²) in [6.45, 7) is 0. The minimum Gasteiger partial charge on any atom is -0.339 e. The molecule has 0 saturated carbocycles. The first-order valence-corrected chi connectivity index (χ1v) is 7.85. The van der Waals surface area contributed by atoms with Crippen molar-refractivity contribution < 1.29 is 0 Å². The van der Waals surface area contributed by atoms with Crippen LogP contribution in [0.15, 0.2) is 53.1 Å². The lowest BCUT2D eigenvalue weighted by atomic mass is 10.3. The van der Waals surface area contributed by atoms with Gasteiger partial charge in [0.25, 0.3) is 0 Å². The van der Waals surface area contributed by atoms with E-state index >= 15 is 0 Å². The predicted molar refractivity (Wildman–Crippen MR) is 92.7 cm³/mol. The lowest BCUT2D eigenvalue weighted by Crippen LogP contribution is -1.99. The topological polar surface area (TPSA) is 50.7 Å². The normalized spacial score (nSPS) is 10.5. The van der Waals surface area contributed by atoms with Crippen molar-refractivity contribution in [1.82, 2.24) is 15.0 Å². The van der Waals surface area contributed by atoms with Gasteiger partial charge >= 0.3 is 0 Å². The van der Waals surface area contributed by atoms with Gasteiger partial charge in [-0.1, -0.05) is 29.3 Å². The van der Waals surface area contributed by atoms with Crippen molar-refractivity contribution in [3.8, 4) is 11.5 Å². The van der Waals surface area contributed by atoms with Crippen LogP contribution in [0.1, 0.15) is 0 Å². The molecule has 4 nitrogen and oxygen atoms in total. The molecule has 110 valence electrons. The highest BCUT2D eigenvalue weighted by Gasteiger charge is 2.08. The van der Waals surface area contributed by atoms with Gasteiger partial charge in [-0.05, 0) is 46.3 Å². The Morgan fingerprint density at radius 3 is 2.59 bits per heavy atom. The molecule has 0 atom stereocenters. The van der Waals surface area contributed by atoms with Crippen molar-refractivity contribution in [2.45, 2.75) is 0 Å². The molecule has 22 heavy (non-hydrogen) atoms. The summed E-state index contributed by atoms with van der Waals surface area (Å²) >= 11 is 15.5. The number of rotatable bonds is 3. The van der Waals surface area contributed by atoms with Gasteiger partial charge in [-0.25, -0.2) is 9.97 Å². The van der Waals surface area contributed by atoms with E-state index in [9.17, 15) is 0 Å². The summed E-state index contributed by atoms with van der Waals surface area (Å²) < 4.78 is 0.828. The SMILES string of the molecule is Clc1ccc(Nc2cc(Cl)nc(-c3ccccn3)n2)c(Br)c1. The molecule has 0 fully saturated rings. The molecule has 3 aromatic rings. The van der Waals surface area contributed by atoms with Crippen LogP contribution < -0.4 is 5.32 Å². The molecule has 0 aliphatic heterocycles. The Bertz CT molecular complexity index is 812. The van der Waals surface area contributed by atoms with E-state index in [-0.39, 0.29) is 0 Å². The van der Waals surface area contributed by atoms with Crippen molar-refractivity contribution in [2.24, 2.45) is 0 Å². The Morgan fingerprint density at radius 2 is 1.86 bits per heavy atom. The first-order chi connectivity index (χ1) is 10.6. The standard InChI is InChI=1S/C15H9BrCl2N4/c16-10-7-9(17)4-5-11(10)20-14-8-13(18)21-15(22-14)12-3-1-2-6-19-12/h1-8H,(H,20,21,22). The van der Waals surface area contributed by atoms with E-state index < -0.39 is 0 Å². The molecule has 2 heterocycles. The summed E-state index contributed by atoms with van der Waals surface area (Å²) in [7, 11) is 0. The third-order valence-electron chi connectivity index (χ3n) is 2.78. The number of hydrogen-bond acceptors (Lipinski definition) is 4. The van der Waals surface area contributed by atoms with Crippen molar-refractivity contribution in [3.05, 3.63) is 63.3 Å². The largest absolute Gasteiger partial charge is 0.339 e. The molecule has 0 bridgehead atoms. The number of nitrogens with one attached hydrogen (secondary N) is 1. The van der Waals surface area contributed by atoms with Crippen LogP contribution in [0.4, 0.5) is 11.5 Å². The molecule has 0 spiro atoms. The van der Waals surface area contributed by atoms with Gasteiger partial charge in [0.05, 0.1) is 5.69 Å². The molecule has 0 aliphatic carbocycles. The van der Waals surface area contributed by atoms with Gasteiger partial charge in [0.1, 0.15) is 16.7 Å². The number of pyridine rings is 1. The third-order valence-corrected chi connectivity index (χ3v) is 3.87. The second-order valence-electron chi connectivity index (χ2n) is 4.36. The Morgan fingerprint density at radius 1 is 1.00 bits per heavy atom. The molecule has 1 N–H and O–H groups in total. The smallest absolute Gasteiger partial charge is 0.181 e. The highest BCUT2D eigenvalue weighted by atomic mass is 79.9. The maximum absolute atomic E-state index is 6.08. The second kappa shape index (κ2) is 6.60. The number of nitrogens with zero attached hydrogens (tertiary/aromatic N) is 3. The van der Waals surface area contributed by atoms with Gasteiger partial charge in [0.15, 0.2) is 5.82 Å². The van der Waals surface area contributed by atoms with Crippen LogP contribution in [0.2, 0.25) is 10.2 Å². The number of anilines is 2. The van der Waals surface area contributed by atoms with Gasteiger partial charge < -0.3 is 5.32 Å². The van der Waals surface area contributed by atoms with E-state index in [0.29, 0.717) is 27.5 Å². The lowest BCUT2D eigenvalue weighted by molar-refractivity contribution is 1.14. The molecule has 0 aliphatic rings. The van der Waals surface area contributed by atoms with E-state index in [1.165, 1.54) is 0 Å². The van der Waals surface area contributed by atoms with Crippen LogP contribution >= 0.6 is 39.1 Å². The molecule has 0 amide bonds. The maximum Gasteiger partial charge on any atom is 0.181 e. The Labute approximate surface area is 145 Å². The van der Waals surface area contributed by atoms with Gasteiger partial charge in [0, 0.05) is 21.8 Å². The summed E-state index contributed by atoms with van der Waals surface area (Å²) in [5, 5.41) is 4.16. The van der Waals surface area contributed by atoms with E-state index in [4.69, 9.17) is 23.2 Å². The van der Waals surface area contributed by atoms with Crippen LogP contribution in [0.5, 0.6) is 0 Å². The lowest BCUT2D eigenvalue weighted by Gasteiger charge is -2.09. The van der Waals surface area contributed by atoms with Crippen LogP contribution in [-0.2, 0) is 0 Å². The summed E-state index contributed by atoms with van der Waals surface area (Å²) in [5.41, 5.74) is 1.48. The second-order valence-corrected chi connectivity index (χ2v) is 6.04. The average Bonchev–Trinajstić information content (AvgIpc) is 2.50. The Kier molecular flexibility index (Phi) is 4.57. The summed E-state index contributed by atoms with van der Waals surface area (Å²) in [6, 6.07) is 12.6. The third kappa shape index (κ3) is 3.55. The zero-order valence-electron chi connectivity index (χ0n) is 11.1. The predicted octanol–water partition coefficient (Wildman–Crippen LogP) is 5.35. The summed E-state index contributed by atoms with van der Waals surface area (Å²) in [4.78, 5) is 12.9. The zero-order chi connectivity index (χ0) is 15.5. The molecule has 0 saturated heterocycles. The minimum atomic E-state index is 0.336. The monoisotopic (exact) mass is 394 g/mol. The number of hydrogen-bond donors (Lipinski definition) is 1. The molecule has 0 radical (unpaired) electrons. The van der Waals surface area contributed by atoms with Gasteiger partial charge in [-0.2, -0.15) is 0 Å². The van der Waals surface area contributed by atoms with Crippen molar-refractivity contribution in [3.63, 3.8) is 0 Å². The Balaban J connectivity index is 1.96. The number of benzene rings is 1. The van der Waals surface area contributed by atoms with Crippen LogP contribution in [0, 0.1) is 0 Å². The van der Waals surface area contributed by atoms with E-state index in [0.717, 1.165) is 10.2 Å². The highest BCUT2D eigenvalue weighted by Crippen LogP contribution is 2.29. The van der Waals surface area contributed by atoms with Crippen molar-refractivity contribution >= 4 is 50.6 Å². The molecule has 1 aromatic carbocycles. The fourth-order valence-corrected chi connectivity index (χ4v) is 2.79. The molecular formula is C15H9BrCl2N4. The molecule has 3 rings (SSSR count). The van der Waals surface area contributed by atoms with E-state index in [1.54, 1.807) is 24.4 Å².